The number of unbranched alkanes of at least 4 members (excludes halogenated alkanes) is 4. The van der Waals surface area contributed by atoms with Gasteiger partial charge in [0, 0.05) is 26.4 Å². The van der Waals surface area contributed by atoms with E-state index in [1.165, 1.54) is 0 Å². The zero-order valence-electron chi connectivity index (χ0n) is 18.6. The van der Waals surface area contributed by atoms with E-state index in [-0.39, 0.29) is 18.3 Å². The highest BCUT2D eigenvalue weighted by atomic mass is 16.7. The van der Waals surface area contributed by atoms with Crippen molar-refractivity contribution < 1.29 is 28.8 Å². The summed E-state index contributed by atoms with van der Waals surface area (Å²) in [4.78, 5) is 0. The van der Waals surface area contributed by atoms with Crippen molar-refractivity contribution >= 4 is 0 Å². The van der Waals surface area contributed by atoms with Crippen LogP contribution in [-0.2, 0) is 23.7 Å². The lowest BCUT2D eigenvalue weighted by atomic mass is 9.98. The first kappa shape index (κ1) is 25.8. The maximum Gasteiger partial charge on any atom is 0.184 e. The number of aliphatic hydroxyl groups excluding tert-OH is 1. The molecule has 0 aliphatic carbocycles. The van der Waals surface area contributed by atoms with Crippen molar-refractivity contribution in [3.63, 3.8) is 0 Å². The van der Waals surface area contributed by atoms with Gasteiger partial charge in [-0.2, -0.15) is 0 Å². The first-order valence-corrected chi connectivity index (χ1v) is 11.5. The van der Waals surface area contributed by atoms with E-state index < -0.39 is 12.4 Å². The van der Waals surface area contributed by atoms with E-state index in [1.807, 2.05) is 0 Å². The molecule has 0 aromatic carbocycles. The van der Waals surface area contributed by atoms with Gasteiger partial charge in [-0.05, 0) is 25.7 Å². The fourth-order valence-electron chi connectivity index (χ4n) is 3.13. The Balaban J connectivity index is 2.84. The Morgan fingerprint density at radius 1 is 0.643 bits per heavy atom. The molecule has 1 N–H and O–H groups in total. The van der Waals surface area contributed by atoms with E-state index in [9.17, 15) is 5.11 Å². The second-order valence-electron chi connectivity index (χ2n) is 7.56. The fourth-order valence-corrected chi connectivity index (χ4v) is 3.13. The van der Waals surface area contributed by atoms with Crippen molar-refractivity contribution in [3.05, 3.63) is 0 Å². The Morgan fingerprint density at radius 3 is 1.64 bits per heavy atom. The van der Waals surface area contributed by atoms with Gasteiger partial charge in [0.1, 0.15) is 24.4 Å². The van der Waals surface area contributed by atoms with Crippen molar-refractivity contribution in [1.82, 2.24) is 0 Å². The van der Waals surface area contributed by atoms with E-state index in [0.717, 1.165) is 51.4 Å². The largest absolute Gasteiger partial charge is 0.379 e. The van der Waals surface area contributed by atoms with E-state index >= 15 is 0 Å². The topological polar surface area (TPSA) is 66.4 Å². The first-order chi connectivity index (χ1) is 13.7. The molecule has 5 atom stereocenters. The summed E-state index contributed by atoms with van der Waals surface area (Å²) in [5, 5.41) is 10.6. The Kier molecular flexibility index (Phi) is 15.2. The van der Waals surface area contributed by atoms with Crippen LogP contribution in [0.1, 0.15) is 79.1 Å². The van der Waals surface area contributed by atoms with Crippen LogP contribution in [0.2, 0.25) is 0 Å². The van der Waals surface area contributed by atoms with Crippen LogP contribution < -0.4 is 0 Å². The molecule has 1 fully saturated rings. The highest BCUT2D eigenvalue weighted by Crippen LogP contribution is 2.28. The van der Waals surface area contributed by atoms with Gasteiger partial charge in [0.15, 0.2) is 6.29 Å². The molecule has 6 nitrogen and oxygen atoms in total. The summed E-state index contributed by atoms with van der Waals surface area (Å²) in [5.41, 5.74) is 0. The third-order valence-corrected chi connectivity index (χ3v) is 4.96. The molecule has 0 aromatic heterocycles. The second kappa shape index (κ2) is 16.5. The van der Waals surface area contributed by atoms with Crippen LogP contribution in [0.25, 0.3) is 0 Å². The predicted molar refractivity (Wildman–Crippen MR) is 111 cm³/mol. The van der Waals surface area contributed by atoms with Gasteiger partial charge in [0.2, 0.25) is 0 Å². The number of hydrogen-bond donors (Lipinski definition) is 1. The fraction of sp³-hybridized carbons (Fsp3) is 1.00. The quantitative estimate of drug-likeness (QED) is 0.369. The van der Waals surface area contributed by atoms with Gasteiger partial charge in [-0.3, -0.25) is 0 Å². The molecule has 0 spiro atoms. The van der Waals surface area contributed by atoms with Crippen LogP contribution in [0.5, 0.6) is 0 Å². The van der Waals surface area contributed by atoms with Crippen molar-refractivity contribution in [3.8, 4) is 0 Å². The number of rotatable bonds is 17. The zero-order valence-corrected chi connectivity index (χ0v) is 18.6. The summed E-state index contributed by atoms with van der Waals surface area (Å²) >= 11 is 0. The van der Waals surface area contributed by atoms with Gasteiger partial charge in [-0.25, -0.2) is 0 Å². The standard InChI is InChI=1S/C22H44O6/c1-5-9-13-24-17-18-19(25-14-10-6-2)20(26-15-11-7-3)21(22(23)28-18)27-16-12-8-4/h18-23H,5-17H2,1-4H3/t18?,19-,20?,21-,22-/m1/s1. The predicted octanol–water partition coefficient (Wildman–Crippen LogP) is 4.08. The average Bonchev–Trinajstić information content (AvgIpc) is 2.69. The maximum atomic E-state index is 10.6. The van der Waals surface area contributed by atoms with Gasteiger partial charge in [-0.15, -0.1) is 0 Å². The SMILES string of the molecule is CCCCOCC1O[C@@H](O)[C@H](OCCCC)C(OCCCC)[C@@H]1OCCCC. The molecular formula is C22H44O6. The Labute approximate surface area is 172 Å². The summed E-state index contributed by atoms with van der Waals surface area (Å²) < 4.78 is 30.1. The van der Waals surface area contributed by atoms with Gasteiger partial charge in [0.25, 0.3) is 0 Å². The molecule has 0 aromatic rings. The maximum absolute atomic E-state index is 10.6. The lowest BCUT2D eigenvalue weighted by Gasteiger charge is -2.44. The van der Waals surface area contributed by atoms with Gasteiger partial charge in [-0.1, -0.05) is 53.4 Å². The molecule has 0 bridgehead atoms. The molecule has 0 radical (unpaired) electrons. The second-order valence-corrected chi connectivity index (χ2v) is 7.56. The third kappa shape index (κ3) is 9.51. The molecule has 1 saturated heterocycles. The monoisotopic (exact) mass is 404 g/mol. The highest BCUT2D eigenvalue weighted by molar-refractivity contribution is 4.92. The van der Waals surface area contributed by atoms with Crippen molar-refractivity contribution in [2.45, 2.75) is 110 Å². The van der Waals surface area contributed by atoms with Gasteiger partial charge >= 0.3 is 0 Å². The smallest absolute Gasteiger partial charge is 0.184 e. The average molecular weight is 405 g/mol. The molecule has 1 heterocycles. The minimum absolute atomic E-state index is 0.306. The van der Waals surface area contributed by atoms with Crippen LogP contribution >= 0.6 is 0 Å². The summed E-state index contributed by atoms with van der Waals surface area (Å²) in [6.45, 7) is 11.5. The summed E-state index contributed by atoms with van der Waals surface area (Å²) in [6, 6.07) is 0. The van der Waals surface area contributed by atoms with E-state index in [1.54, 1.807) is 0 Å². The van der Waals surface area contributed by atoms with Crippen LogP contribution in [0.15, 0.2) is 0 Å². The lowest BCUT2D eigenvalue weighted by molar-refractivity contribution is -0.312. The molecule has 6 heteroatoms. The minimum Gasteiger partial charge on any atom is -0.379 e. The molecule has 28 heavy (non-hydrogen) atoms. The zero-order chi connectivity index (χ0) is 20.6. The van der Waals surface area contributed by atoms with Crippen LogP contribution in [-0.4, -0.2) is 68.8 Å². The summed E-state index contributed by atoms with van der Waals surface area (Å²) in [6.07, 6.45) is 5.53. The van der Waals surface area contributed by atoms with Crippen molar-refractivity contribution in [2.75, 3.05) is 33.0 Å². The molecule has 168 valence electrons. The first-order valence-electron chi connectivity index (χ1n) is 11.5. The molecule has 2 unspecified atom stereocenters. The Hall–Kier alpha value is -0.240. The van der Waals surface area contributed by atoms with Gasteiger partial charge < -0.3 is 28.8 Å². The number of hydrogen-bond acceptors (Lipinski definition) is 6. The Morgan fingerprint density at radius 2 is 1.11 bits per heavy atom. The van der Waals surface area contributed by atoms with Crippen molar-refractivity contribution in [2.24, 2.45) is 0 Å². The lowest BCUT2D eigenvalue weighted by Crippen LogP contribution is -2.61. The molecule has 0 amide bonds. The van der Waals surface area contributed by atoms with E-state index in [2.05, 4.69) is 27.7 Å². The normalized spacial score (nSPS) is 28.0. The molecule has 0 saturated carbocycles. The van der Waals surface area contributed by atoms with Crippen LogP contribution in [0, 0.1) is 0 Å². The summed E-state index contributed by atoms with van der Waals surface area (Å²) in [7, 11) is 0. The minimum atomic E-state index is -1.03. The number of ether oxygens (including phenoxy) is 5. The van der Waals surface area contributed by atoms with E-state index in [0.29, 0.717) is 33.0 Å². The van der Waals surface area contributed by atoms with Crippen LogP contribution in [0.3, 0.4) is 0 Å². The number of aliphatic hydroxyl groups is 1. The summed E-state index contributed by atoms with van der Waals surface area (Å²) in [5.74, 6) is 0. The molecular weight excluding hydrogens is 360 g/mol. The molecule has 1 aliphatic rings. The van der Waals surface area contributed by atoms with Crippen LogP contribution in [0.4, 0.5) is 0 Å². The van der Waals surface area contributed by atoms with E-state index in [4.69, 9.17) is 23.7 Å². The highest BCUT2D eigenvalue weighted by Gasteiger charge is 2.47. The third-order valence-electron chi connectivity index (χ3n) is 4.96. The molecule has 1 rings (SSSR count). The van der Waals surface area contributed by atoms with Gasteiger partial charge in [0.05, 0.1) is 6.61 Å². The molecule has 1 aliphatic heterocycles. The Bertz CT molecular complexity index is 354. The van der Waals surface area contributed by atoms with Crippen molar-refractivity contribution in [1.29, 1.82) is 0 Å².